The summed E-state index contributed by atoms with van der Waals surface area (Å²) in [6, 6.07) is 8.53. The highest BCUT2D eigenvalue weighted by molar-refractivity contribution is 7.12. The van der Waals surface area contributed by atoms with Crippen LogP contribution in [-0.4, -0.2) is 25.0 Å². The van der Waals surface area contributed by atoms with Gasteiger partial charge in [0.05, 0.1) is 17.0 Å². The zero-order valence-electron chi connectivity index (χ0n) is 12.6. The lowest BCUT2D eigenvalue weighted by atomic mass is 10.2. The van der Waals surface area contributed by atoms with E-state index in [0.29, 0.717) is 16.2 Å². The second kappa shape index (κ2) is 8.01. The standard InChI is InChI=1S/C17H16N2O3S/c1-12-10-15(23-11-12)17(21)19-8-4-5-9-22-14-7-3-2-6-13(14)16(18)20/h2-3,6-7,10-11H,8-9H2,1H3,(H2,18,20)(H,19,21). The number of hydrogen-bond acceptors (Lipinski definition) is 4. The Balaban J connectivity index is 1.79. The molecule has 0 aliphatic heterocycles. The quantitative estimate of drug-likeness (QED) is 0.823. The summed E-state index contributed by atoms with van der Waals surface area (Å²) in [5, 5.41) is 4.63. The molecule has 23 heavy (non-hydrogen) atoms. The summed E-state index contributed by atoms with van der Waals surface area (Å²) in [5.74, 6) is 5.28. The van der Waals surface area contributed by atoms with E-state index in [9.17, 15) is 9.59 Å². The van der Waals surface area contributed by atoms with Crippen LogP contribution in [0.4, 0.5) is 0 Å². The van der Waals surface area contributed by atoms with Gasteiger partial charge in [0.25, 0.3) is 11.8 Å². The van der Waals surface area contributed by atoms with E-state index < -0.39 is 5.91 Å². The van der Waals surface area contributed by atoms with E-state index in [4.69, 9.17) is 10.5 Å². The summed E-state index contributed by atoms with van der Waals surface area (Å²) in [4.78, 5) is 23.7. The van der Waals surface area contributed by atoms with Gasteiger partial charge in [-0.1, -0.05) is 24.0 Å². The van der Waals surface area contributed by atoms with Crippen LogP contribution in [0.15, 0.2) is 35.7 Å². The molecule has 3 N–H and O–H groups in total. The molecule has 0 fully saturated rings. The van der Waals surface area contributed by atoms with E-state index in [-0.39, 0.29) is 19.1 Å². The summed E-state index contributed by atoms with van der Waals surface area (Å²) in [6.07, 6.45) is 0. The molecule has 2 amide bonds. The van der Waals surface area contributed by atoms with Crippen LogP contribution in [-0.2, 0) is 0 Å². The van der Waals surface area contributed by atoms with Crippen LogP contribution in [0.5, 0.6) is 5.75 Å². The van der Waals surface area contributed by atoms with Crippen molar-refractivity contribution in [2.24, 2.45) is 5.73 Å². The Morgan fingerprint density at radius 1 is 1.30 bits per heavy atom. The normalized spacial score (nSPS) is 9.61. The van der Waals surface area contributed by atoms with Gasteiger partial charge >= 0.3 is 0 Å². The third kappa shape index (κ3) is 4.87. The molecule has 0 aliphatic carbocycles. The predicted octanol–water partition coefficient (Wildman–Crippen LogP) is 1.97. The van der Waals surface area contributed by atoms with E-state index in [1.54, 1.807) is 24.3 Å². The zero-order chi connectivity index (χ0) is 16.7. The third-order valence-corrected chi connectivity index (χ3v) is 3.92. The molecule has 0 aliphatic rings. The molecule has 1 aromatic heterocycles. The summed E-state index contributed by atoms with van der Waals surface area (Å²) in [7, 11) is 0. The summed E-state index contributed by atoms with van der Waals surface area (Å²) >= 11 is 1.40. The first-order valence-electron chi connectivity index (χ1n) is 6.88. The van der Waals surface area contributed by atoms with Gasteiger partial charge < -0.3 is 15.8 Å². The maximum absolute atomic E-state index is 11.8. The molecule has 118 valence electrons. The number of nitrogens with one attached hydrogen (secondary N) is 1. The topological polar surface area (TPSA) is 81.4 Å². The molecular weight excluding hydrogens is 312 g/mol. The molecule has 0 radical (unpaired) electrons. The number of amides is 2. The van der Waals surface area contributed by atoms with Gasteiger partial charge in [0.2, 0.25) is 0 Å². The minimum absolute atomic E-state index is 0.109. The molecule has 0 atom stereocenters. The second-order valence-corrected chi connectivity index (χ2v) is 5.58. The van der Waals surface area contributed by atoms with Gasteiger partial charge in [0.15, 0.2) is 0 Å². The Kier molecular flexibility index (Phi) is 5.78. The number of primary amides is 1. The molecule has 0 spiro atoms. The van der Waals surface area contributed by atoms with Crippen LogP contribution >= 0.6 is 11.3 Å². The molecule has 6 heteroatoms. The Morgan fingerprint density at radius 2 is 2.09 bits per heavy atom. The lowest BCUT2D eigenvalue weighted by Gasteiger charge is -2.05. The first kappa shape index (κ1) is 16.6. The fourth-order valence-electron chi connectivity index (χ4n) is 1.79. The van der Waals surface area contributed by atoms with E-state index in [0.717, 1.165) is 5.56 Å². The van der Waals surface area contributed by atoms with E-state index in [1.807, 2.05) is 18.4 Å². The van der Waals surface area contributed by atoms with Gasteiger partial charge in [0.1, 0.15) is 12.4 Å². The lowest BCUT2D eigenvalue weighted by Crippen LogP contribution is -2.22. The fourth-order valence-corrected chi connectivity index (χ4v) is 2.60. The largest absolute Gasteiger partial charge is 0.480 e. The summed E-state index contributed by atoms with van der Waals surface area (Å²) < 4.78 is 5.41. The van der Waals surface area contributed by atoms with Gasteiger partial charge in [-0.2, -0.15) is 0 Å². The maximum Gasteiger partial charge on any atom is 0.262 e. The van der Waals surface area contributed by atoms with E-state index >= 15 is 0 Å². The Labute approximate surface area is 138 Å². The van der Waals surface area contributed by atoms with Crippen molar-refractivity contribution in [3.63, 3.8) is 0 Å². The highest BCUT2D eigenvalue weighted by atomic mass is 32.1. The fraction of sp³-hybridized carbons (Fsp3) is 0.176. The number of nitrogens with two attached hydrogens (primary N) is 1. The minimum atomic E-state index is -0.549. The van der Waals surface area contributed by atoms with E-state index in [2.05, 4.69) is 17.2 Å². The number of thiophene rings is 1. The summed E-state index contributed by atoms with van der Waals surface area (Å²) in [5.41, 5.74) is 6.63. The SMILES string of the molecule is Cc1csc(C(=O)NCC#CCOc2ccccc2C(N)=O)c1. The third-order valence-electron chi connectivity index (χ3n) is 2.87. The van der Waals surface area contributed by atoms with Crippen molar-refractivity contribution in [1.29, 1.82) is 0 Å². The van der Waals surface area contributed by atoms with Gasteiger partial charge in [0, 0.05) is 0 Å². The maximum atomic E-state index is 11.8. The number of benzene rings is 1. The molecule has 0 unspecified atom stereocenters. The van der Waals surface area contributed by atoms with E-state index in [1.165, 1.54) is 11.3 Å². The monoisotopic (exact) mass is 328 g/mol. The Bertz CT molecular complexity index is 771. The van der Waals surface area contributed by atoms with Crippen molar-refractivity contribution in [3.8, 4) is 17.6 Å². The average molecular weight is 328 g/mol. The van der Waals surface area contributed by atoms with Gasteiger partial charge in [-0.15, -0.1) is 11.3 Å². The van der Waals surface area contributed by atoms with Crippen LogP contribution in [0, 0.1) is 18.8 Å². The molecule has 2 rings (SSSR count). The minimum Gasteiger partial charge on any atom is -0.480 e. The molecule has 2 aromatic rings. The number of carbonyl (C=O) groups excluding carboxylic acids is 2. The van der Waals surface area contributed by atoms with Gasteiger partial charge in [-0.05, 0) is 36.1 Å². The van der Waals surface area contributed by atoms with Crippen molar-refractivity contribution in [2.45, 2.75) is 6.92 Å². The van der Waals surface area contributed by atoms with Crippen molar-refractivity contribution >= 4 is 23.2 Å². The number of para-hydroxylation sites is 1. The molecule has 1 heterocycles. The molecule has 0 bridgehead atoms. The first-order chi connectivity index (χ1) is 11.1. The number of rotatable bonds is 5. The van der Waals surface area contributed by atoms with Crippen LogP contribution in [0.2, 0.25) is 0 Å². The van der Waals surface area contributed by atoms with Gasteiger partial charge in [-0.3, -0.25) is 9.59 Å². The predicted molar refractivity (Wildman–Crippen MR) is 89.6 cm³/mol. The van der Waals surface area contributed by atoms with Gasteiger partial charge in [-0.25, -0.2) is 0 Å². The lowest BCUT2D eigenvalue weighted by molar-refractivity contribution is 0.0960. The number of ether oxygens (including phenoxy) is 1. The zero-order valence-corrected chi connectivity index (χ0v) is 13.4. The number of hydrogen-bond donors (Lipinski definition) is 2. The number of aryl methyl sites for hydroxylation is 1. The smallest absolute Gasteiger partial charge is 0.262 e. The first-order valence-corrected chi connectivity index (χ1v) is 7.76. The van der Waals surface area contributed by atoms with Crippen LogP contribution in [0.1, 0.15) is 25.6 Å². The molecule has 5 nitrogen and oxygen atoms in total. The van der Waals surface area contributed by atoms with Crippen molar-refractivity contribution < 1.29 is 14.3 Å². The Morgan fingerprint density at radius 3 is 2.78 bits per heavy atom. The molecular formula is C17H16N2O3S. The van der Waals surface area contributed by atoms with Crippen molar-refractivity contribution in [3.05, 3.63) is 51.7 Å². The number of carbonyl (C=O) groups is 2. The molecule has 0 saturated heterocycles. The van der Waals surface area contributed by atoms with Crippen LogP contribution < -0.4 is 15.8 Å². The highest BCUT2D eigenvalue weighted by Crippen LogP contribution is 2.16. The summed E-state index contributed by atoms with van der Waals surface area (Å²) in [6.45, 7) is 2.28. The second-order valence-electron chi connectivity index (χ2n) is 4.67. The molecule has 1 aromatic carbocycles. The van der Waals surface area contributed by atoms with Crippen molar-refractivity contribution in [2.75, 3.05) is 13.2 Å². The average Bonchev–Trinajstić information content (AvgIpc) is 2.97. The van der Waals surface area contributed by atoms with Crippen molar-refractivity contribution in [1.82, 2.24) is 5.32 Å². The van der Waals surface area contributed by atoms with Crippen LogP contribution in [0.3, 0.4) is 0 Å². The molecule has 0 saturated carbocycles. The Hall–Kier alpha value is -2.78. The highest BCUT2D eigenvalue weighted by Gasteiger charge is 2.07. The van der Waals surface area contributed by atoms with Crippen LogP contribution in [0.25, 0.3) is 0 Å².